The van der Waals surface area contributed by atoms with Gasteiger partial charge in [-0.05, 0) is 0 Å². The second kappa shape index (κ2) is 9.02. The number of ether oxygens (including phenoxy) is 3. The number of phosphoric ester groups is 1. The lowest BCUT2D eigenvalue weighted by atomic mass is 9.97. The van der Waals surface area contributed by atoms with E-state index in [0.29, 0.717) is 0 Å². The van der Waals surface area contributed by atoms with Crippen LogP contribution in [-0.2, 0) is 23.3 Å². The standard InChI is InChI=1S/C12H23O14P/c13-1-3-10(7(16)8(17)11(19)24-3)26-12-9(18)6(15)5(14)4(25-12)2-23-27(20,21)22/h3-19H,1-2H2,(H2,20,21,22)/t3-,4-,5-,6+,7-,8-,9-,10-,11+,12+/m1/s1. The van der Waals surface area contributed by atoms with Gasteiger partial charge in [-0.15, -0.1) is 0 Å². The maximum atomic E-state index is 10.8. The van der Waals surface area contributed by atoms with Crippen molar-refractivity contribution in [2.45, 2.75) is 61.4 Å². The van der Waals surface area contributed by atoms with Crippen molar-refractivity contribution in [3.63, 3.8) is 0 Å². The molecule has 0 saturated carbocycles. The largest absolute Gasteiger partial charge is 0.469 e. The van der Waals surface area contributed by atoms with Crippen molar-refractivity contribution < 1.29 is 68.8 Å². The van der Waals surface area contributed by atoms with Crippen LogP contribution in [-0.4, -0.2) is 120 Å². The molecular weight excluding hydrogens is 399 g/mol. The van der Waals surface area contributed by atoms with E-state index < -0.39 is 82.4 Å². The smallest absolute Gasteiger partial charge is 0.394 e. The van der Waals surface area contributed by atoms with E-state index in [1.54, 1.807) is 0 Å². The molecule has 2 aliphatic rings. The predicted molar refractivity (Wildman–Crippen MR) is 79.5 cm³/mol. The van der Waals surface area contributed by atoms with Crippen LogP contribution in [0.1, 0.15) is 0 Å². The molecule has 0 unspecified atom stereocenters. The molecule has 9 N–H and O–H groups in total. The topological polar surface area (TPSA) is 236 Å². The Morgan fingerprint density at radius 1 is 0.815 bits per heavy atom. The van der Waals surface area contributed by atoms with Crippen molar-refractivity contribution >= 4 is 7.82 Å². The fourth-order valence-electron chi connectivity index (χ4n) is 2.73. The summed E-state index contributed by atoms with van der Waals surface area (Å²) in [5.74, 6) is 0. The summed E-state index contributed by atoms with van der Waals surface area (Å²) in [5, 5.41) is 68.1. The van der Waals surface area contributed by atoms with Crippen LogP contribution < -0.4 is 0 Å². The molecule has 27 heavy (non-hydrogen) atoms. The maximum Gasteiger partial charge on any atom is 0.469 e. The Morgan fingerprint density at radius 3 is 2.00 bits per heavy atom. The van der Waals surface area contributed by atoms with E-state index in [9.17, 15) is 40.3 Å². The van der Waals surface area contributed by atoms with Gasteiger partial charge >= 0.3 is 7.82 Å². The third-order valence-electron chi connectivity index (χ3n) is 4.21. The third kappa shape index (κ3) is 5.41. The number of aliphatic hydroxyl groups is 7. The van der Waals surface area contributed by atoms with Crippen LogP contribution in [0, 0.1) is 0 Å². The molecule has 10 atom stereocenters. The SMILES string of the molecule is O=P(O)(O)OC[C@H]1O[C@@H](O[C@H]2[C@H](O)[C@@H](O)[C@@H](O)O[C@@H]2CO)[C@H](O)[C@@H](O)[C@@H]1O. The van der Waals surface area contributed by atoms with Gasteiger partial charge in [-0.25, -0.2) is 4.57 Å². The average molecular weight is 422 g/mol. The maximum absolute atomic E-state index is 10.8. The first-order valence-corrected chi connectivity index (χ1v) is 9.35. The first kappa shape index (κ1) is 23.0. The fourth-order valence-corrected chi connectivity index (χ4v) is 3.07. The highest BCUT2D eigenvalue weighted by atomic mass is 31.2. The van der Waals surface area contributed by atoms with E-state index in [1.807, 2.05) is 0 Å². The van der Waals surface area contributed by atoms with Crippen LogP contribution in [0.5, 0.6) is 0 Å². The molecule has 160 valence electrons. The molecular formula is C12H23O14P. The summed E-state index contributed by atoms with van der Waals surface area (Å²) in [4.78, 5) is 17.4. The molecule has 0 aromatic rings. The lowest BCUT2D eigenvalue weighted by Crippen LogP contribution is -2.64. The van der Waals surface area contributed by atoms with Gasteiger partial charge in [0, 0.05) is 0 Å². The minimum atomic E-state index is -4.92. The number of hydrogen-bond donors (Lipinski definition) is 9. The number of phosphoric acid groups is 1. The van der Waals surface area contributed by atoms with Crippen molar-refractivity contribution in [1.29, 1.82) is 0 Å². The Labute approximate surface area is 152 Å². The third-order valence-corrected chi connectivity index (χ3v) is 4.69. The summed E-state index contributed by atoms with van der Waals surface area (Å²) in [7, 11) is -4.92. The molecule has 0 radical (unpaired) electrons. The van der Waals surface area contributed by atoms with Gasteiger partial charge in [-0.1, -0.05) is 0 Å². The zero-order valence-corrected chi connectivity index (χ0v) is 14.6. The van der Waals surface area contributed by atoms with E-state index >= 15 is 0 Å². The lowest BCUT2D eigenvalue weighted by Gasteiger charge is -2.45. The number of hydrogen-bond acceptors (Lipinski definition) is 12. The minimum absolute atomic E-state index is 0.760. The molecule has 2 saturated heterocycles. The molecule has 2 heterocycles. The number of rotatable bonds is 6. The molecule has 0 bridgehead atoms. The van der Waals surface area contributed by atoms with Gasteiger partial charge in [0.05, 0.1) is 13.2 Å². The van der Waals surface area contributed by atoms with Crippen molar-refractivity contribution in [2.75, 3.05) is 13.2 Å². The Kier molecular flexibility index (Phi) is 7.68. The summed E-state index contributed by atoms with van der Waals surface area (Å²) in [6.07, 6.45) is -17.1. The molecule has 0 aliphatic carbocycles. The fraction of sp³-hybridized carbons (Fsp3) is 1.00. The Balaban J connectivity index is 2.11. The van der Waals surface area contributed by atoms with Crippen LogP contribution >= 0.6 is 7.82 Å². The average Bonchev–Trinajstić information content (AvgIpc) is 2.60. The van der Waals surface area contributed by atoms with Gasteiger partial charge in [0.1, 0.15) is 48.8 Å². The monoisotopic (exact) mass is 422 g/mol. The molecule has 0 spiro atoms. The highest BCUT2D eigenvalue weighted by molar-refractivity contribution is 7.46. The molecule has 2 rings (SSSR count). The molecule has 2 fully saturated rings. The van der Waals surface area contributed by atoms with Crippen LogP contribution in [0.2, 0.25) is 0 Å². The van der Waals surface area contributed by atoms with Crippen LogP contribution in [0.4, 0.5) is 0 Å². The second-order valence-electron chi connectivity index (χ2n) is 6.13. The molecule has 2 aliphatic heterocycles. The van der Waals surface area contributed by atoms with E-state index in [-0.39, 0.29) is 0 Å². The van der Waals surface area contributed by atoms with Gasteiger partial charge in [0.15, 0.2) is 12.6 Å². The minimum Gasteiger partial charge on any atom is -0.394 e. The van der Waals surface area contributed by atoms with E-state index in [0.717, 1.165) is 0 Å². The molecule has 15 heteroatoms. The van der Waals surface area contributed by atoms with Crippen LogP contribution in [0.25, 0.3) is 0 Å². The van der Waals surface area contributed by atoms with Crippen molar-refractivity contribution in [3.8, 4) is 0 Å². The van der Waals surface area contributed by atoms with Gasteiger partial charge in [0.2, 0.25) is 0 Å². The van der Waals surface area contributed by atoms with Gasteiger partial charge in [-0.2, -0.15) is 0 Å². The normalized spacial score (nSPS) is 46.4. The summed E-state index contributed by atoms with van der Waals surface area (Å²) >= 11 is 0. The van der Waals surface area contributed by atoms with Crippen molar-refractivity contribution in [1.82, 2.24) is 0 Å². The van der Waals surface area contributed by atoms with Gasteiger partial charge in [-0.3, -0.25) is 4.52 Å². The summed E-state index contributed by atoms with van der Waals surface area (Å²) in [6, 6.07) is 0. The lowest BCUT2D eigenvalue weighted by molar-refractivity contribution is -0.354. The highest BCUT2D eigenvalue weighted by Gasteiger charge is 2.50. The summed E-state index contributed by atoms with van der Waals surface area (Å²) in [6.45, 7) is -1.63. The Hall–Kier alpha value is -0.290. The first-order valence-electron chi connectivity index (χ1n) is 7.82. The highest BCUT2D eigenvalue weighted by Crippen LogP contribution is 2.37. The first-order chi connectivity index (χ1) is 12.5. The Bertz CT molecular complexity index is 526. The van der Waals surface area contributed by atoms with Gasteiger partial charge < -0.3 is 59.7 Å². The summed E-state index contributed by atoms with van der Waals surface area (Å²) in [5.41, 5.74) is 0. The zero-order valence-electron chi connectivity index (χ0n) is 13.7. The number of aliphatic hydroxyl groups excluding tert-OH is 7. The van der Waals surface area contributed by atoms with E-state index in [1.165, 1.54) is 0 Å². The van der Waals surface area contributed by atoms with Crippen molar-refractivity contribution in [2.24, 2.45) is 0 Å². The summed E-state index contributed by atoms with van der Waals surface area (Å²) < 4.78 is 30.3. The van der Waals surface area contributed by atoms with Crippen LogP contribution in [0.3, 0.4) is 0 Å². The quantitative estimate of drug-likeness (QED) is 0.182. The predicted octanol–water partition coefficient (Wildman–Crippen LogP) is -5.28. The Morgan fingerprint density at radius 2 is 1.44 bits per heavy atom. The molecule has 0 amide bonds. The second-order valence-corrected chi connectivity index (χ2v) is 7.37. The zero-order chi connectivity index (χ0) is 20.5. The van der Waals surface area contributed by atoms with E-state index in [2.05, 4.69) is 4.52 Å². The van der Waals surface area contributed by atoms with E-state index in [4.69, 9.17) is 24.0 Å². The molecule has 14 nitrogen and oxygen atoms in total. The molecule has 0 aromatic carbocycles. The van der Waals surface area contributed by atoms with Gasteiger partial charge in [0.25, 0.3) is 0 Å². The van der Waals surface area contributed by atoms with Crippen LogP contribution in [0.15, 0.2) is 0 Å². The van der Waals surface area contributed by atoms with Crippen molar-refractivity contribution in [3.05, 3.63) is 0 Å². The molecule has 0 aromatic heterocycles.